The lowest BCUT2D eigenvalue weighted by atomic mass is 10.2. The summed E-state index contributed by atoms with van der Waals surface area (Å²) in [6, 6.07) is 7.67. The molecular weight excluding hydrogens is 309 g/mol. The quantitative estimate of drug-likeness (QED) is 0.857. The second kappa shape index (κ2) is 7.27. The normalized spacial score (nSPS) is 12.6. The molecular formula is C15H19Cl2N3O. The van der Waals surface area contributed by atoms with E-state index in [1.165, 1.54) is 0 Å². The number of benzene rings is 1. The van der Waals surface area contributed by atoms with Gasteiger partial charge in [-0.25, -0.2) is 4.68 Å². The molecule has 0 bridgehead atoms. The number of aliphatic hydroxyl groups excluding tert-OH is 1. The molecule has 0 aliphatic heterocycles. The summed E-state index contributed by atoms with van der Waals surface area (Å²) in [6.07, 6.45) is 0. The van der Waals surface area contributed by atoms with Crippen LogP contribution >= 0.6 is 23.2 Å². The summed E-state index contributed by atoms with van der Waals surface area (Å²) in [5, 5.41) is 18.0. The van der Waals surface area contributed by atoms with E-state index in [1.807, 2.05) is 38.1 Å². The molecule has 1 aromatic heterocycles. The van der Waals surface area contributed by atoms with Crippen LogP contribution in [-0.2, 0) is 13.1 Å². The summed E-state index contributed by atoms with van der Waals surface area (Å²) in [4.78, 5) is 0. The maximum absolute atomic E-state index is 9.05. The molecule has 0 amide bonds. The Morgan fingerprint density at radius 1 is 1.33 bits per heavy atom. The highest BCUT2D eigenvalue weighted by Crippen LogP contribution is 2.23. The van der Waals surface area contributed by atoms with E-state index in [1.54, 1.807) is 4.68 Å². The smallest absolute Gasteiger partial charge is 0.132 e. The van der Waals surface area contributed by atoms with Crippen molar-refractivity contribution in [2.24, 2.45) is 0 Å². The number of halogens is 2. The van der Waals surface area contributed by atoms with Crippen LogP contribution in [0.5, 0.6) is 0 Å². The summed E-state index contributed by atoms with van der Waals surface area (Å²) in [5.74, 6) is 0. The van der Waals surface area contributed by atoms with Crippen LogP contribution in [-0.4, -0.2) is 27.5 Å². The predicted octanol–water partition coefficient (Wildman–Crippen LogP) is 3.02. The van der Waals surface area contributed by atoms with E-state index in [-0.39, 0.29) is 12.6 Å². The molecule has 4 nitrogen and oxygen atoms in total. The summed E-state index contributed by atoms with van der Waals surface area (Å²) in [6.45, 7) is 5.04. The van der Waals surface area contributed by atoms with Crippen LogP contribution in [0.2, 0.25) is 10.2 Å². The first-order chi connectivity index (χ1) is 10.0. The van der Waals surface area contributed by atoms with Gasteiger partial charge >= 0.3 is 0 Å². The lowest BCUT2D eigenvalue weighted by molar-refractivity contribution is 0.251. The molecule has 2 N–H and O–H groups in total. The highest BCUT2D eigenvalue weighted by Gasteiger charge is 2.14. The molecule has 21 heavy (non-hydrogen) atoms. The molecule has 0 radical (unpaired) electrons. The minimum atomic E-state index is 0.0207. The van der Waals surface area contributed by atoms with Crippen LogP contribution < -0.4 is 5.32 Å². The highest BCUT2D eigenvalue weighted by molar-refractivity contribution is 6.31. The fraction of sp³-hybridized carbons (Fsp3) is 0.400. The Balaban J connectivity index is 2.17. The van der Waals surface area contributed by atoms with Gasteiger partial charge in [-0.1, -0.05) is 41.4 Å². The van der Waals surface area contributed by atoms with E-state index in [0.717, 1.165) is 16.8 Å². The first-order valence-electron chi connectivity index (χ1n) is 6.82. The van der Waals surface area contributed by atoms with Crippen LogP contribution in [0.15, 0.2) is 24.3 Å². The van der Waals surface area contributed by atoms with Crippen molar-refractivity contribution in [1.82, 2.24) is 15.1 Å². The first kappa shape index (κ1) is 16.3. The topological polar surface area (TPSA) is 50.1 Å². The van der Waals surface area contributed by atoms with Crippen LogP contribution in [0, 0.1) is 6.92 Å². The first-order valence-corrected chi connectivity index (χ1v) is 7.58. The molecule has 1 aromatic carbocycles. The molecule has 114 valence electrons. The zero-order valence-corrected chi connectivity index (χ0v) is 13.6. The van der Waals surface area contributed by atoms with Gasteiger partial charge in [0, 0.05) is 23.2 Å². The Bertz CT molecular complexity index is 613. The number of hydrogen-bond donors (Lipinski definition) is 2. The van der Waals surface area contributed by atoms with Gasteiger partial charge in [0.05, 0.1) is 18.8 Å². The molecule has 1 heterocycles. The van der Waals surface area contributed by atoms with Crippen molar-refractivity contribution in [2.75, 3.05) is 6.61 Å². The van der Waals surface area contributed by atoms with Crippen molar-refractivity contribution in [1.29, 1.82) is 0 Å². The van der Waals surface area contributed by atoms with Crippen LogP contribution in [0.4, 0.5) is 0 Å². The minimum absolute atomic E-state index is 0.0207. The van der Waals surface area contributed by atoms with Gasteiger partial charge in [-0.15, -0.1) is 0 Å². The molecule has 0 spiro atoms. The van der Waals surface area contributed by atoms with Gasteiger partial charge in [-0.05, 0) is 25.5 Å². The van der Waals surface area contributed by atoms with E-state index < -0.39 is 0 Å². The third-order valence-corrected chi connectivity index (χ3v) is 4.15. The number of aliphatic hydroxyl groups is 1. The monoisotopic (exact) mass is 327 g/mol. The van der Waals surface area contributed by atoms with Crippen molar-refractivity contribution in [3.8, 4) is 0 Å². The van der Waals surface area contributed by atoms with E-state index in [2.05, 4.69) is 10.4 Å². The number of rotatable bonds is 6. The van der Waals surface area contributed by atoms with Gasteiger partial charge in [-0.2, -0.15) is 5.10 Å². The van der Waals surface area contributed by atoms with Crippen molar-refractivity contribution < 1.29 is 5.11 Å². The van der Waals surface area contributed by atoms with Gasteiger partial charge in [0.2, 0.25) is 0 Å². The third-order valence-electron chi connectivity index (χ3n) is 3.36. The molecule has 0 saturated carbocycles. The van der Waals surface area contributed by atoms with Crippen LogP contribution in [0.25, 0.3) is 0 Å². The summed E-state index contributed by atoms with van der Waals surface area (Å²) in [7, 11) is 0. The molecule has 2 aromatic rings. The Labute approximate surface area is 134 Å². The number of nitrogens with one attached hydrogen (secondary N) is 1. The minimum Gasteiger partial charge on any atom is -0.395 e. The lowest BCUT2D eigenvalue weighted by Gasteiger charge is -2.10. The molecule has 0 unspecified atom stereocenters. The second-order valence-corrected chi connectivity index (χ2v) is 5.83. The Morgan fingerprint density at radius 2 is 2.05 bits per heavy atom. The molecule has 6 heteroatoms. The molecule has 1 atom stereocenters. The maximum Gasteiger partial charge on any atom is 0.132 e. The van der Waals surface area contributed by atoms with E-state index in [4.69, 9.17) is 28.3 Å². The lowest BCUT2D eigenvalue weighted by Crippen LogP contribution is -2.28. The number of aryl methyl sites for hydroxylation is 1. The van der Waals surface area contributed by atoms with Gasteiger partial charge in [0.15, 0.2) is 0 Å². The van der Waals surface area contributed by atoms with Crippen molar-refractivity contribution in [3.63, 3.8) is 0 Å². The van der Waals surface area contributed by atoms with E-state index in [0.29, 0.717) is 23.3 Å². The molecule has 2 rings (SSSR count). The average molecular weight is 328 g/mol. The maximum atomic E-state index is 9.05. The summed E-state index contributed by atoms with van der Waals surface area (Å²) >= 11 is 12.6. The molecule has 0 aliphatic carbocycles. The molecule has 0 fully saturated rings. The SMILES string of the molecule is Cc1nn(Cc2ccccc2Cl)c(Cl)c1CN[C@@H](C)CO. The fourth-order valence-electron chi connectivity index (χ4n) is 2.02. The number of hydrogen-bond acceptors (Lipinski definition) is 3. The van der Waals surface area contributed by atoms with E-state index >= 15 is 0 Å². The molecule has 0 aliphatic rings. The number of nitrogens with zero attached hydrogens (tertiary/aromatic N) is 2. The Hall–Kier alpha value is -1.07. The fourth-order valence-corrected chi connectivity index (χ4v) is 2.52. The van der Waals surface area contributed by atoms with E-state index in [9.17, 15) is 0 Å². The van der Waals surface area contributed by atoms with Gasteiger partial charge < -0.3 is 10.4 Å². The van der Waals surface area contributed by atoms with Crippen molar-refractivity contribution in [2.45, 2.75) is 33.0 Å². The Morgan fingerprint density at radius 3 is 2.71 bits per heavy atom. The highest BCUT2D eigenvalue weighted by atomic mass is 35.5. The summed E-state index contributed by atoms with van der Waals surface area (Å²) < 4.78 is 1.75. The van der Waals surface area contributed by atoms with Gasteiger partial charge in [0.25, 0.3) is 0 Å². The zero-order valence-electron chi connectivity index (χ0n) is 12.1. The second-order valence-electron chi connectivity index (χ2n) is 5.07. The standard InChI is InChI=1S/C15H19Cl2N3O/c1-10(9-21)18-7-13-11(2)19-20(15(13)17)8-12-5-3-4-6-14(12)16/h3-6,10,18,21H,7-9H2,1-2H3/t10-/m0/s1. The number of aromatic nitrogens is 2. The summed E-state index contributed by atoms with van der Waals surface area (Å²) in [5.41, 5.74) is 2.81. The largest absolute Gasteiger partial charge is 0.395 e. The predicted molar refractivity (Wildman–Crippen MR) is 85.9 cm³/mol. The van der Waals surface area contributed by atoms with Gasteiger partial charge in [0.1, 0.15) is 5.15 Å². The van der Waals surface area contributed by atoms with Gasteiger partial charge in [-0.3, -0.25) is 0 Å². The van der Waals surface area contributed by atoms with Crippen molar-refractivity contribution in [3.05, 3.63) is 51.3 Å². The van der Waals surface area contributed by atoms with Crippen molar-refractivity contribution >= 4 is 23.2 Å². The van der Waals surface area contributed by atoms with Crippen LogP contribution in [0.1, 0.15) is 23.7 Å². The molecule has 0 saturated heterocycles. The third kappa shape index (κ3) is 3.98. The average Bonchev–Trinajstić information content (AvgIpc) is 2.73. The Kier molecular flexibility index (Phi) is 5.65. The zero-order chi connectivity index (χ0) is 15.4. The van der Waals surface area contributed by atoms with Crippen LogP contribution in [0.3, 0.4) is 0 Å².